The number of H-pyrrole nitrogens is 1. The first-order chi connectivity index (χ1) is 6.99. The Balaban J connectivity index is 2.52. The number of carbonyl (C=O) groups is 1. The van der Waals surface area contributed by atoms with Gasteiger partial charge in [0.05, 0.1) is 0 Å². The number of carbonyl (C=O) groups excluding carboxylic acids is 1. The minimum Gasteiger partial charge on any atom is -0.356 e. The van der Waals surface area contributed by atoms with Gasteiger partial charge in [-0.1, -0.05) is 0 Å². The molecule has 2 unspecified atom stereocenters. The summed E-state index contributed by atoms with van der Waals surface area (Å²) in [5, 5.41) is 2.76. The van der Waals surface area contributed by atoms with E-state index in [-0.39, 0.29) is 11.9 Å². The molecule has 1 aromatic heterocycles. The summed E-state index contributed by atoms with van der Waals surface area (Å²) >= 11 is 3.25. The highest BCUT2D eigenvalue weighted by atomic mass is 79.9. The highest BCUT2D eigenvalue weighted by molar-refractivity contribution is 9.10. The van der Waals surface area contributed by atoms with Crippen molar-refractivity contribution in [1.82, 2.24) is 10.3 Å². The monoisotopic (exact) mass is 292 g/mol. The Morgan fingerprint density at radius 2 is 2.40 bits per heavy atom. The van der Waals surface area contributed by atoms with Gasteiger partial charge in [0.2, 0.25) is 0 Å². The van der Waals surface area contributed by atoms with Crippen LogP contribution in [0.15, 0.2) is 16.7 Å². The second-order valence-electron chi connectivity index (χ2n) is 3.35. The van der Waals surface area contributed by atoms with Gasteiger partial charge in [0, 0.05) is 39.5 Å². The van der Waals surface area contributed by atoms with E-state index in [1.807, 2.05) is 6.92 Å². The molecule has 6 heteroatoms. The molecule has 0 saturated heterocycles. The Kier molecular flexibility index (Phi) is 4.53. The van der Waals surface area contributed by atoms with Crippen LogP contribution in [0, 0.1) is 0 Å². The molecule has 1 amide bonds. The molecule has 0 bridgehead atoms. The Hall–Kier alpha value is -0.620. The average Bonchev–Trinajstić information content (AvgIpc) is 2.49. The molecule has 0 radical (unpaired) electrons. The van der Waals surface area contributed by atoms with Crippen molar-refractivity contribution in [3.05, 3.63) is 22.4 Å². The van der Waals surface area contributed by atoms with Gasteiger partial charge < -0.3 is 10.3 Å². The second-order valence-corrected chi connectivity index (χ2v) is 5.74. The molecule has 4 nitrogen and oxygen atoms in total. The van der Waals surface area contributed by atoms with Crippen molar-refractivity contribution in [2.24, 2.45) is 0 Å². The van der Waals surface area contributed by atoms with E-state index in [9.17, 15) is 9.00 Å². The van der Waals surface area contributed by atoms with E-state index < -0.39 is 10.8 Å². The number of halogens is 1. The van der Waals surface area contributed by atoms with Crippen LogP contribution in [0.25, 0.3) is 0 Å². The van der Waals surface area contributed by atoms with Crippen molar-refractivity contribution >= 4 is 32.6 Å². The third-order valence-electron chi connectivity index (χ3n) is 1.75. The molecule has 0 aromatic carbocycles. The highest BCUT2D eigenvalue weighted by Gasteiger charge is 2.11. The predicted octanol–water partition coefficient (Wildman–Crippen LogP) is 1.27. The SMILES string of the molecule is CC(CS(C)=O)NC(=O)c1cc(Br)c[nH]1. The van der Waals surface area contributed by atoms with Gasteiger partial charge >= 0.3 is 0 Å². The zero-order valence-corrected chi connectivity index (χ0v) is 10.9. The lowest BCUT2D eigenvalue weighted by atomic mass is 10.3. The van der Waals surface area contributed by atoms with E-state index in [1.54, 1.807) is 18.5 Å². The van der Waals surface area contributed by atoms with E-state index in [0.29, 0.717) is 11.4 Å². The zero-order chi connectivity index (χ0) is 11.4. The third kappa shape index (κ3) is 4.17. The van der Waals surface area contributed by atoms with Gasteiger partial charge in [-0.3, -0.25) is 9.00 Å². The first-order valence-corrected chi connectivity index (χ1v) is 6.96. The molecule has 1 heterocycles. The second kappa shape index (κ2) is 5.46. The minimum absolute atomic E-state index is 0.0922. The molecule has 2 atom stereocenters. The van der Waals surface area contributed by atoms with Crippen LogP contribution < -0.4 is 5.32 Å². The normalized spacial score (nSPS) is 14.6. The van der Waals surface area contributed by atoms with Crippen LogP contribution in [0.1, 0.15) is 17.4 Å². The summed E-state index contributed by atoms with van der Waals surface area (Å²) < 4.78 is 11.8. The van der Waals surface area contributed by atoms with E-state index in [1.165, 1.54) is 0 Å². The molecule has 0 saturated carbocycles. The maximum absolute atomic E-state index is 11.6. The smallest absolute Gasteiger partial charge is 0.267 e. The topological polar surface area (TPSA) is 62.0 Å². The third-order valence-corrected chi connectivity index (χ3v) is 3.18. The molecule has 2 N–H and O–H groups in total. The van der Waals surface area contributed by atoms with E-state index in [0.717, 1.165) is 4.47 Å². The minimum atomic E-state index is -0.897. The first kappa shape index (κ1) is 12.4. The van der Waals surface area contributed by atoms with Gasteiger partial charge in [0.15, 0.2) is 0 Å². The fraction of sp³-hybridized carbons (Fsp3) is 0.444. The largest absolute Gasteiger partial charge is 0.356 e. The number of hydrogen-bond acceptors (Lipinski definition) is 2. The molecule has 1 aromatic rings. The van der Waals surface area contributed by atoms with Crippen LogP contribution in [0.5, 0.6) is 0 Å². The molecule has 0 fully saturated rings. The summed E-state index contributed by atoms with van der Waals surface area (Å²) in [5.74, 6) is 0.284. The van der Waals surface area contributed by atoms with E-state index >= 15 is 0 Å². The summed E-state index contributed by atoms with van der Waals surface area (Å²) in [5.41, 5.74) is 0.496. The standard InChI is InChI=1S/C9H13BrN2O2S/c1-6(5-15(2)14)12-9(13)8-3-7(10)4-11-8/h3-4,6,11H,5H2,1-2H3,(H,12,13). The Morgan fingerprint density at radius 3 is 2.87 bits per heavy atom. The zero-order valence-electron chi connectivity index (χ0n) is 8.54. The van der Waals surface area contributed by atoms with Crippen LogP contribution >= 0.6 is 15.9 Å². The molecule has 0 aliphatic rings. The van der Waals surface area contributed by atoms with Crippen LogP contribution in [-0.2, 0) is 10.8 Å². The molecular formula is C9H13BrN2O2S. The number of hydrogen-bond donors (Lipinski definition) is 2. The quantitative estimate of drug-likeness (QED) is 0.878. The van der Waals surface area contributed by atoms with Gasteiger partial charge in [-0.15, -0.1) is 0 Å². The fourth-order valence-corrected chi connectivity index (χ4v) is 2.33. The lowest BCUT2D eigenvalue weighted by Crippen LogP contribution is -2.36. The maximum atomic E-state index is 11.6. The van der Waals surface area contributed by atoms with Crippen LogP contribution in [0.3, 0.4) is 0 Å². The van der Waals surface area contributed by atoms with Gasteiger partial charge in [0.1, 0.15) is 5.69 Å². The van der Waals surface area contributed by atoms with E-state index in [4.69, 9.17) is 0 Å². The summed E-state index contributed by atoms with van der Waals surface area (Å²) in [4.78, 5) is 14.4. The Labute approximate surface area is 99.4 Å². The summed E-state index contributed by atoms with van der Waals surface area (Å²) in [7, 11) is -0.897. The number of aromatic amines is 1. The first-order valence-electron chi connectivity index (χ1n) is 4.44. The summed E-state index contributed by atoms with van der Waals surface area (Å²) in [6.07, 6.45) is 3.31. The molecule has 0 aliphatic heterocycles. The number of aromatic nitrogens is 1. The van der Waals surface area contributed by atoms with Crippen LogP contribution in [0.4, 0.5) is 0 Å². The average molecular weight is 293 g/mol. The molecule has 15 heavy (non-hydrogen) atoms. The maximum Gasteiger partial charge on any atom is 0.267 e. The number of amides is 1. The van der Waals surface area contributed by atoms with Gasteiger partial charge in [-0.05, 0) is 28.9 Å². The Morgan fingerprint density at radius 1 is 1.73 bits per heavy atom. The van der Waals surface area contributed by atoms with Gasteiger partial charge in [-0.25, -0.2) is 0 Å². The molecular weight excluding hydrogens is 280 g/mol. The summed E-state index contributed by atoms with van der Waals surface area (Å²) in [6, 6.07) is 1.61. The molecule has 84 valence electrons. The molecule has 0 aliphatic carbocycles. The molecule has 0 spiro atoms. The lowest BCUT2D eigenvalue weighted by molar-refractivity contribution is 0.0939. The van der Waals surface area contributed by atoms with Crippen molar-refractivity contribution < 1.29 is 9.00 Å². The number of nitrogens with one attached hydrogen (secondary N) is 2. The van der Waals surface area contributed by atoms with Crippen molar-refractivity contribution in [3.63, 3.8) is 0 Å². The van der Waals surface area contributed by atoms with E-state index in [2.05, 4.69) is 26.2 Å². The van der Waals surface area contributed by atoms with Gasteiger partial charge in [-0.2, -0.15) is 0 Å². The van der Waals surface area contributed by atoms with Crippen molar-refractivity contribution in [3.8, 4) is 0 Å². The van der Waals surface area contributed by atoms with Crippen molar-refractivity contribution in [2.75, 3.05) is 12.0 Å². The number of rotatable bonds is 4. The fourth-order valence-electron chi connectivity index (χ4n) is 1.19. The Bertz CT molecular complexity index is 378. The van der Waals surface area contributed by atoms with Crippen LogP contribution in [-0.4, -0.2) is 33.2 Å². The van der Waals surface area contributed by atoms with Gasteiger partial charge in [0.25, 0.3) is 5.91 Å². The predicted molar refractivity (Wildman–Crippen MR) is 64.4 cm³/mol. The highest BCUT2D eigenvalue weighted by Crippen LogP contribution is 2.10. The van der Waals surface area contributed by atoms with Crippen LogP contribution in [0.2, 0.25) is 0 Å². The summed E-state index contributed by atoms with van der Waals surface area (Å²) in [6.45, 7) is 1.83. The van der Waals surface area contributed by atoms with Crippen molar-refractivity contribution in [2.45, 2.75) is 13.0 Å². The van der Waals surface area contributed by atoms with Crippen molar-refractivity contribution in [1.29, 1.82) is 0 Å². The molecule has 1 rings (SSSR count). The lowest BCUT2D eigenvalue weighted by Gasteiger charge is -2.11.